The number of ether oxygens (including phenoxy) is 1. The second-order valence-corrected chi connectivity index (χ2v) is 7.27. The third kappa shape index (κ3) is 4.89. The molecule has 3 heteroatoms. The van der Waals surface area contributed by atoms with E-state index in [2.05, 4.69) is 44.2 Å². The summed E-state index contributed by atoms with van der Waals surface area (Å²) in [5.41, 5.74) is 4.40. The maximum Gasteiger partial charge on any atom is 0.387 e. The van der Waals surface area contributed by atoms with Crippen molar-refractivity contribution in [1.82, 2.24) is 0 Å². The van der Waals surface area contributed by atoms with E-state index in [1.807, 2.05) is 24.3 Å². The molecule has 0 heterocycles. The van der Waals surface area contributed by atoms with E-state index in [0.29, 0.717) is 5.75 Å². The Morgan fingerprint density at radius 1 is 0.786 bits per heavy atom. The highest BCUT2D eigenvalue weighted by molar-refractivity contribution is 5.93. The quantitative estimate of drug-likeness (QED) is 0.343. The highest BCUT2D eigenvalue weighted by Crippen LogP contribution is 2.35. The molecule has 0 amide bonds. The number of fused-ring (bicyclic) bond motifs is 1. The van der Waals surface area contributed by atoms with E-state index in [9.17, 15) is 8.78 Å². The number of aryl methyl sites for hydroxylation is 2. The van der Waals surface area contributed by atoms with Crippen LogP contribution < -0.4 is 4.74 Å². The Bertz CT molecular complexity index is 900. The predicted molar refractivity (Wildman–Crippen MR) is 113 cm³/mol. The molecular weight excluding hydrogens is 354 g/mol. The van der Waals surface area contributed by atoms with Gasteiger partial charge in [0.2, 0.25) is 0 Å². The smallest absolute Gasteiger partial charge is 0.387 e. The lowest BCUT2D eigenvalue weighted by Gasteiger charge is -2.15. The zero-order valence-electron chi connectivity index (χ0n) is 16.7. The molecule has 0 aromatic heterocycles. The van der Waals surface area contributed by atoms with Crippen molar-refractivity contribution >= 4 is 10.8 Å². The van der Waals surface area contributed by atoms with Gasteiger partial charge in [0.15, 0.2) is 0 Å². The van der Waals surface area contributed by atoms with Crippen molar-refractivity contribution < 1.29 is 13.5 Å². The summed E-state index contributed by atoms with van der Waals surface area (Å²) in [5, 5.41) is 1.67. The number of alkyl halides is 2. The minimum atomic E-state index is -2.82. The fourth-order valence-electron chi connectivity index (χ4n) is 3.67. The summed E-state index contributed by atoms with van der Waals surface area (Å²) in [5.74, 6) is 0.327. The largest absolute Gasteiger partial charge is 0.434 e. The van der Waals surface area contributed by atoms with Crippen LogP contribution in [0.15, 0.2) is 54.6 Å². The lowest BCUT2D eigenvalue weighted by atomic mass is 9.96. The number of rotatable bonds is 9. The van der Waals surface area contributed by atoms with Gasteiger partial charge in [0.05, 0.1) is 0 Å². The van der Waals surface area contributed by atoms with Crippen LogP contribution in [0.25, 0.3) is 21.9 Å². The van der Waals surface area contributed by atoms with E-state index in [0.717, 1.165) is 66.0 Å². The van der Waals surface area contributed by atoms with Gasteiger partial charge in [0, 0.05) is 5.39 Å². The van der Waals surface area contributed by atoms with Crippen molar-refractivity contribution in [2.24, 2.45) is 0 Å². The van der Waals surface area contributed by atoms with E-state index >= 15 is 0 Å². The maximum absolute atomic E-state index is 13.0. The number of hydrogen-bond acceptors (Lipinski definition) is 1. The molecule has 0 saturated heterocycles. The summed E-state index contributed by atoms with van der Waals surface area (Å²) < 4.78 is 31.0. The van der Waals surface area contributed by atoms with Crippen molar-refractivity contribution in [3.63, 3.8) is 0 Å². The van der Waals surface area contributed by atoms with E-state index in [-0.39, 0.29) is 0 Å². The summed E-state index contributed by atoms with van der Waals surface area (Å²) in [7, 11) is 0. The first kappa shape index (κ1) is 20.3. The van der Waals surface area contributed by atoms with Gasteiger partial charge in [-0.15, -0.1) is 0 Å². The maximum atomic E-state index is 13.0. The zero-order chi connectivity index (χ0) is 19.9. The first-order valence-electron chi connectivity index (χ1n) is 10.2. The monoisotopic (exact) mass is 382 g/mol. The van der Waals surface area contributed by atoms with Gasteiger partial charge in [0.25, 0.3) is 0 Å². The molecule has 28 heavy (non-hydrogen) atoms. The lowest BCUT2D eigenvalue weighted by Crippen LogP contribution is -2.05. The van der Waals surface area contributed by atoms with Crippen molar-refractivity contribution in [1.29, 1.82) is 0 Å². The second kappa shape index (κ2) is 9.68. The first-order valence-corrected chi connectivity index (χ1v) is 10.2. The molecule has 148 valence electrons. The van der Waals surface area contributed by atoms with Crippen molar-refractivity contribution in [2.75, 3.05) is 0 Å². The van der Waals surface area contributed by atoms with Gasteiger partial charge >= 0.3 is 6.61 Å². The van der Waals surface area contributed by atoms with Gasteiger partial charge in [-0.2, -0.15) is 8.78 Å². The molecule has 0 aliphatic heterocycles. The molecule has 0 saturated carbocycles. The van der Waals surface area contributed by atoms with Gasteiger partial charge in [-0.25, -0.2) is 0 Å². The molecule has 0 aliphatic rings. The number of unbranched alkanes of at least 4 members (excludes halogenated alkanes) is 2. The molecule has 3 rings (SSSR count). The van der Waals surface area contributed by atoms with Crippen molar-refractivity contribution in [3.8, 4) is 16.9 Å². The molecule has 3 aromatic rings. The second-order valence-electron chi connectivity index (χ2n) is 7.27. The van der Waals surface area contributed by atoms with Crippen LogP contribution in [0.2, 0.25) is 0 Å². The van der Waals surface area contributed by atoms with Gasteiger partial charge in [-0.1, -0.05) is 81.6 Å². The van der Waals surface area contributed by atoms with Crippen LogP contribution in [0, 0.1) is 0 Å². The van der Waals surface area contributed by atoms with E-state index in [4.69, 9.17) is 4.74 Å². The molecule has 0 aliphatic carbocycles. The van der Waals surface area contributed by atoms with Gasteiger partial charge in [-0.05, 0) is 53.0 Å². The Morgan fingerprint density at radius 3 is 2.21 bits per heavy atom. The fraction of sp³-hybridized carbons (Fsp3) is 0.360. The summed E-state index contributed by atoms with van der Waals surface area (Å²) in [6.45, 7) is 1.49. The molecule has 0 fully saturated rings. The highest BCUT2D eigenvalue weighted by Gasteiger charge is 2.14. The normalized spacial score (nSPS) is 11.3. The Balaban J connectivity index is 1.96. The van der Waals surface area contributed by atoms with Gasteiger partial charge in [0.1, 0.15) is 5.75 Å². The molecule has 0 spiro atoms. The van der Waals surface area contributed by atoms with Crippen LogP contribution in [0.1, 0.15) is 50.7 Å². The van der Waals surface area contributed by atoms with Crippen LogP contribution in [0.5, 0.6) is 5.75 Å². The average Bonchev–Trinajstić information content (AvgIpc) is 2.70. The Hall–Kier alpha value is -2.42. The van der Waals surface area contributed by atoms with Crippen molar-refractivity contribution in [2.45, 2.75) is 59.0 Å². The molecule has 1 nitrogen and oxygen atoms in total. The summed E-state index contributed by atoms with van der Waals surface area (Å²) >= 11 is 0. The first-order chi connectivity index (χ1) is 13.6. The number of halogens is 2. The minimum Gasteiger partial charge on any atom is -0.434 e. The third-order valence-corrected chi connectivity index (χ3v) is 5.13. The minimum absolute atomic E-state index is 0.327. The number of benzene rings is 3. The Labute approximate surface area is 166 Å². The van der Waals surface area contributed by atoms with Crippen LogP contribution >= 0.6 is 0 Å². The molecule has 0 N–H and O–H groups in total. The van der Waals surface area contributed by atoms with E-state index < -0.39 is 6.61 Å². The molecule has 3 aromatic carbocycles. The standard InChI is InChI=1S/C25H28F2O/c1-3-5-6-8-20-13-14-22-17-21(15-16-23(22)24(20)28-25(26)27)19-11-9-18(7-4-2)10-12-19/h9-17,25H,3-8H2,1-2H3. The molecular formula is C25H28F2O. The van der Waals surface area contributed by atoms with Crippen LogP contribution in [-0.2, 0) is 12.8 Å². The van der Waals surface area contributed by atoms with Crippen LogP contribution in [-0.4, -0.2) is 6.61 Å². The molecule has 0 atom stereocenters. The van der Waals surface area contributed by atoms with Gasteiger partial charge in [-0.3, -0.25) is 0 Å². The lowest BCUT2D eigenvalue weighted by molar-refractivity contribution is -0.0493. The van der Waals surface area contributed by atoms with E-state index in [1.54, 1.807) is 0 Å². The van der Waals surface area contributed by atoms with E-state index in [1.165, 1.54) is 5.56 Å². The zero-order valence-corrected chi connectivity index (χ0v) is 16.7. The summed E-state index contributed by atoms with van der Waals surface area (Å²) in [6.07, 6.45) is 6.12. The van der Waals surface area contributed by atoms with Gasteiger partial charge < -0.3 is 4.74 Å². The average molecular weight is 382 g/mol. The summed E-state index contributed by atoms with van der Waals surface area (Å²) in [6, 6.07) is 18.5. The SMILES string of the molecule is CCCCCc1ccc2cc(-c3ccc(CCC)cc3)ccc2c1OC(F)F. The molecule has 0 radical (unpaired) electrons. The summed E-state index contributed by atoms with van der Waals surface area (Å²) in [4.78, 5) is 0. The highest BCUT2D eigenvalue weighted by atomic mass is 19.3. The van der Waals surface area contributed by atoms with Crippen LogP contribution in [0.4, 0.5) is 8.78 Å². The molecule has 0 bridgehead atoms. The Morgan fingerprint density at radius 2 is 1.54 bits per heavy atom. The Kier molecular flexibility index (Phi) is 7.02. The van der Waals surface area contributed by atoms with Crippen LogP contribution in [0.3, 0.4) is 0 Å². The van der Waals surface area contributed by atoms with Crippen molar-refractivity contribution in [3.05, 3.63) is 65.7 Å². The fourth-order valence-corrected chi connectivity index (χ4v) is 3.67. The predicted octanol–water partition coefficient (Wildman–Crippen LogP) is 7.79. The third-order valence-electron chi connectivity index (χ3n) is 5.13. The topological polar surface area (TPSA) is 9.23 Å². The molecule has 0 unspecified atom stereocenters. The number of hydrogen-bond donors (Lipinski definition) is 0.